The van der Waals surface area contributed by atoms with E-state index in [-0.39, 0.29) is 11.2 Å². The molecule has 0 aliphatic heterocycles. The molecule has 0 aromatic heterocycles. The van der Waals surface area contributed by atoms with Crippen molar-refractivity contribution in [1.82, 2.24) is 5.32 Å². The van der Waals surface area contributed by atoms with E-state index < -0.39 is 11.7 Å². The lowest BCUT2D eigenvalue weighted by Crippen LogP contribution is -2.40. The Hall–Kier alpha value is -0.710. The molecule has 100 valence electrons. The van der Waals surface area contributed by atoms with E-state index in [4.69, 9.17) is 4.74 Å². The molecule has 1 unspecified atom stereocenters. The third-order valence-electron chi connectivity index (χ3n) is 1.85. The first-order valence-electron chi connectivity index (χ1n) is 5.87. The van der Waals surface area contributed by atoms with Crippen molar-refractivity contribution < 1.29 is 14.3 Å². The molecule has 1 atom stereocenters. The molecular weight excluding hydrogens is 238 g/mol. The number of rotatable bonds is 5. The van der Waals surface area contributed by atoms with Crippen molar-refractivity contribution >= 4 is 23.0 Å². The van der Waals surface area contributed by atoms with Crippen LogP contribution in [-0.4, -0.2) is 28.6 Å². The SMILES string of the molecule is CCCC(CSC(C)=O)NC(=O)OC(C)(C)C. The van der Waals surface area contributed by atoms with Crippen LogP contribution in [0.1, 0.15) is 47.5 Å². The normalized spacial score (nSPS) is 13.0. The van der Waals surface area contributed by atoms with Gasteiger partial charge in [0.1, 0.15) is 5.60 Å². The van der Waals surface area contributed by atoms with E-state index in [0.717, 1.165) is 12.8 Å². The van der Waals surface area contributed by atoms with Gasteiger partial charge in [-0.1, -0.05) is 25.1 Å². The lowest BCUT2D eigenvalue weighted by atomic mass is 10.2. The zero-order valence-corrected chi connectivity index (χ0v) is 12.1. The van der Waals surface area contributed by atoms with Crippen molar-refractivity contribution in [3.63, 3.8) is 0 Å². The maximum absolute atomic E-state index is 11.6. The van der Waals surface area contributed by atoms with Crippen LogP contribution in [0.25, 0.3) is 0 Å². The second kappa shape index (κ2) is 7.58. The first kappa shape index (κ1) is 16.3. The fourth-order valence-corrected chi connectivity index (χ4v) is 1.92. The summed E-state index contributed by atoms with van der Waals surface area (Å²) in [4.78, 5) is 22.4. The Labute approximate surface area is 108 Å². The summed E-state index contributed by atoms with van der Waals surface area (Å²) in [5.41, 5.74) is -0.492. The highest BCUT2D eigenvalue weighted by Crippen LogP contribution is 2.11. The Kier molecular flexibility index (Phi) is 7.27. The van der Waals surface area contributed by atoms with Crippen molar-refractivity contribution in [2.45, 2.75) is 59.1 Å². The number of hydrogen-bond acceptors (Lipinski definition) is 4. The Morgan fingerprint density at radius 1 is 1.35 bits per heavy atom. The zero-order valence-electron chi connectivity index (χ0n) is 11.3. The van der Waals surface area contributed by atoms with Gasteiger partial charge in [-0.15, -0.1) is 0 Å². The summed E-state index contributed by atoms with van der Waals surface area (Å²) in [7, 11) is 0. The predicted octanol–water partition coefficient (Wildman–Crippen LogP) is 2.96. The molecule has 0 aromatic rings. The topological polar surface area (TPSA) is 55.4 Å². The van der Waals surface area contributed by atoms with Gasteiger partial charge in [-0.25, -0.2) is 4.79 Å². The van der Waals surface area contributed by atoms with E-state index >= 15 is 0 Å². The summed E-state index contributed by atoms with van der Waals surface area (Å²) in [6.07, 6.45) is 1.39. The maximum atomic E-state index is 11.6. The van der Waals surface area contributed by atoms with Gasteiger partial charge < -0.3 is 10.1 Å². The maximum Gasteiger partial charge on any atom is 0.407 e. The van der Waals surface area contributed by atoms with Crippen LogP contribution in [0.2, 0.25) is 0 Å². The molecule has 0 rings (SSSR count). The van der Waals surface area contributed by atoms with E-state index in [0.29, 0.717) is 5.75 Å². The van der Waals surface area contributed by atoms with Gasteiger partial charge in [-0.05, 0) is 27.2 Å². The lowest BCUT2D eigenvalue weighted by molar-refractivity contribution is -0.109. The Morgan fingerprint density at radius 3 is 2.35 bits per heavy atom. The molecule has 4 nitrogen and oxygen atoms in total. The second-order valence-electron chi connectivity index (χ2n) is 4.93. The van der Waals surface area contributed by atoms with E-state index in [1.165, 1.54) is 18.7 Å². The van der Waals surface area contributed by atoms with Crippen LogP contribution in [0.15, 0.2) is 0 Å². The summed E-state index contributed by atoms with van der Waals surface area (Å²) in [6.45, 7) is 9.05. The van der Waals surface area contributed by atoms with Gasteiger partial charge in [-0.2, -0.15) is 0 Å². The van der Waals surface area contributed by atoms with Gasteiger partial charge in [0.05, 0.1) is 0 Å². The molecule has 1 N–H and O–H groups in total. The Balaban J connectivity index is 4.14. The van der Waals surface area contributed by atoms with Gasteiger partial charge in [0, 0.05) is 18.7 Å². The Bertz CT molecular complexity index is 261. The van der Waals surface area contributed by atoms with Gasteiger partial charge in [-0.3, -0.25) is 4.79 Å². The Morgan fingerprint density at radius 2 is 1.94 bits per heavy atom. The average molecular weight is 261 g/mol. The lowest BCUT2D eigenvalue weighted by Gasteiger charge is -2.23. The molecule has 0 spiro atoms. The smallest absolute Gasteiger partial charge is 0.407 e. The number of hydrogen-bond donors (Lipinski definition) is 1. The average Bonchev–Trinajstić information content (AvgIpc) is 2.11. The van der Waals surface area contributed by atoms with E-state index in [1.54, 1.807) is 0 Å². The molecule has 0 bridgehead atoms. The van der Waals surface area contributed by atoms with Crippen molar-refractivity contribution in [3.05, 3.63) is 0 Å². The molecule has 1 amide bonds. The van der Waals surface area contributed by atoms with Crippen LogP contribution in [0.5, 0.6) is 0 Å². The predicted molar refractivity (Wildman–Crippen MR) is 71.2 cm³/mol. The van der Waals surface area contributed by atoms with Crippen molar-refractivity contribution in [2.75, 3.05) is 5.75 Å². The first-order chi connectivity index (χ1) is 7.74. The number of ether oxygens (including phenoxy) is 1. The second-order valence-corrected chi connectivity index (χ2v) is 6.13. The number of carbonyl (C=O) groups excluding carboxylic acids is 2. The molecule has 0 heterocycles. The highest BCUT2D eigenvalue weighted by atomic mass is 32.2. The molecule has 0 fully saturated rings. The minimum atomic E-state index is -0.492. The molecule has 0 saturated carbocycles. The minimum absolute atomic E-state index is 0.0104. The quantitative estimate of drug-likeness (QED) is 0.826. The molecule has 0 aliphatic carbocycles. The van der Waals surface area contributed by atoms with Crippen molar-refractivity contribution in [3.8, 4) is 0 Å². The highest BCUT2D eigenvalue weighted by Gasteiger charge is 2.19. The van der Waals surface area contributed by atoms with Crippen LogP contribution in [0.3, 0.4) is 0 Å². The standard InChI is InChI=1S/C12H23NO3S/c1-6-7-10(8-17-9(2)14)13-11(15)16-12(3,4)5/h10H,6-8H2,1-5H3,(H,13,15). The van der Waals surface area contributed by atoms with E-state index in [1.807, 2.05) is 27.7 Å². The van der Waals surface area contributed by atoms with E-state index in [2.05, 4.69) is 5.32 Å². The summed E-state index contributed by atoms with van der Waals surface area (Å²) >= 11 is 1.23. The first-order valence-corrected chi connectivity index (χ1v) is 6.86. The monoisotopic (exact) mass is 261 g/mol. The summed E-state index contributed by atoms with van der Waals surface area (Å²) in [6, 6.07) is -0.0104. The van der Waals surface area contributed by atoms with Gasteiger partial charge in [0.15, 0.2) is 5.12 Å². The summed E-state index contributed by atoms with van der Waals surface area (Å²) < 4.78 is 5.18. The number of carbonyl (C=O) groups is 2. The summed E-state index contributed by atoms with van der Waals surface area (Å²) in [5, 5.41) is 2.86. The van der Waals surface area contributed by atoms with Crippen molar-refractivity contribution in [1.29, 1.82) is 0 Å². The molecule has 0 aliphatic rings. The molecule has 0 saturated heterocycles. The summed E-state index contributed by atoms with van der Waals surface area (Å²) in [5.74, 6) is 0.600. The molecule has 0 radical (unpaired) electrons. The van der Waals surface area contributed by atoms with Crippen molar-refractivity contribution in [2.24, 2.45) is 0 Å². The fourth-order valence-electron chi connectivity index (χ4n) is 1.24. The number of amides is 1. The van der Waals surface area contributed by atoms with Gasteiger partial charge in [0.25, 0.3) is 0 Å². The molecule has 0 aromatic carbocycles. The van der Waals surface area contributed by atoms with Crippen LogP contribution < -0.4 is 5.32 Å². The van der Waals surface area contributed by atoms with E-state index in [9.17, 15) is 9.59 Å². The van der Waals surface area contributed by atoms with Crippen LogP contribution in [0, 0.1) is 0 Å². The van der Waals surface area contributed by atoms with Gasteiger partial charge in [0.2, 0.25) is 0 Å². The molecule has 17 heavy (non-hydrogen) atoms. The minimum Gasteiger partial charge on any atom is -0.444 e. The number of alkyl carbamates (subject to hydrolysis) is 1. The third kappa shape index (κ3) is 10.2. The largest absolute Gasteiger partial charge is 0.444 e. The third-order valence-corrected chi connectivity index (χ3v) is 2.82. The zero-order chi connectivity index (χ0) is 13.5. The molecule has 5 heteroatoms. The van der Waals surface area contributed by atoms with Gasteiger partial charge >= 0.3 is 6.09 Å². The van der Waals surface area contributed by atoms with Crippen LogP contribution in [0.4, 0.5) is 4.79 Å². The van der Waals surface area contributed by atoms with Crippen LogP contribution >= 0.6 is 11.8 Å². The highest BCUT2D eigenvalue weighted by molar-refractivity contribution is 8.13. The fraction of sp³-hybridized carbons (Fsp3) is 0.833. The number of nitrogens with one attached hydrogen (secondary N) is 1. The van der Waals surface area contributed by atoms with Crippen LogP contribution in [-0.2, 0) is 9.53 Å². The molecular formula is C12H23NO3S. The number of thioether (sulfide) groups is 1.